The fourth-order valence-electron chi connectivity index (χ4n) is 5.78. The molecule has 0 saturated heterocycles. The van der Waals surface area contributed by atoms with Crippen LogP contribution >= 0.6 is 0 Å². The molecule has 224 valence electrons. The van der Waals surface area contributed by atoms with Crippen LogP contribution in [-0.2, 0) is 11.4 Å². The van der Waals surface area contributed by atoms with Crippen LogP contribution in [0.4, 0.5) is 17.1 Å². The van der Waals surface area contributed by atoms with Crippen molar-refractivity contribution in [1.82, 2.24) is 0 Å². The number of carbonyl (C=O) groups is 1. The van der Waals surface area contributed by atoms with Gasteiger partial charge in [-0.25, -0.2) is 0 Å². The maximum atomic E-state index is 13.9. The van der Waals surface area contributed by atoms with Crippen molar-refractivity contribution in [2.75, 3.05) is 12.0 Å². The van der Waals surface area contributed by atoms with Gasteiger partial charge in [0.15, 0.2) is 5.78 Å². The van der Waals surface area contributed by atoms with E-state index < -0.39 is 21.2 Å². The van der Waals surface area contributed by atoms with Gasteiger partial charge in [-0.3, -0.25) is 29.9 Å². The Hall–Kier alpha value is -5.70. The third kappa shape index (κ3) is 5.55. The number of hydrogen-bond acceptors (Lipinski definition) is 10. The number of benzene rings is 3. The fraction of sp³-hybridized carbons (Fsp3) is 0.250. The number of ether oxygens (including phenoxy) is 2. The molecule has 0 radical (unpaired) electrons. The van der Waals surface area contributed by atoms with Crippen molar-refractivity contribution in [3.63, 3.8) is 0 Å². The fourth-order valence-corrected chi connectivity index (χ4v) is 5.78. The first-order chi connectivity index (χ1) is 20.9. The highest BCUT2D eigenvalue weighted by Crippen LogP contribution is 2.50. The number of ketones is 1. The van der Waals surface area contributed by atoms with Crippen molar-refractivity contribution in [2.45, 2.75) is 39.2 Å². The molecule has 1 aliphatic carbocycles. The van der Waals surface area contributed by atoms with Gasteiger partial charge in [0.25, 0.3) is 11.4 Å². The van der Waals surface area contributed by atoms with E-state index >= 15 is 0 Å². The van der Waals surface area contributed by atoms with Gasteiger partial charge in [-0.05, 0) is 53.8 Å². The number of nitro benzene ring substituents is 2. The van der Waals surface area contributed by atoms with Crippen LogP contribution in [0.25, 0.3) is 0 Å². The number of non-ortho nitro benzene ring substituents is 2. The third-order valence-corrected chi connectivity index (χ3v) is 7.78. The first-order valence-electron chi connectivity index (χ1n) is 13.7. The molecule has 44 heavy (non-hydrogen) atoms. The molecule has 1 heterocycles. The van der Waals surface area contributed by atoms with Crippen molar-refractivity contribution >= 4 is 22.8 Å². The summed E-state index contributed by atoms with van der Waals surface area (Å²) < 4.78 is 11.5. The quantitative estimate of drug-likeness (QED) is 0.239. The number of nitriles is 1. The van der Waals surface area contributed by atoms with Crippen LogP contribution in [0.2, 0.25) is 0 Å². The van der Waals surface area contributed by atoms with E-state index in [0.717, 1.165) is 0 Å². The highest BCUT2D eigenvalue weighted by Gasteiger charge is 2.44. The molecule has 0 bridgehead atoms. The number of carbonyl (C=O) groups excluding carboxylic acids is 1. The van der Waals surface area contributed by atoms with Crippen molar-refractivity contribution in [2.24, 2.45) is 11.1 Å². The first-order valence-corrected chi connectivity index (χ1v) is 13.7. The van der Waals surface area contributed by atoms with Crippen LogP contribution in [0.3, 0.4) is 0 Å². The van der Waals surface area contributed by atoms with Crippen molar-refractivity contribution < 1.29 is 24.1 Å². The number of nitro groups is 2. The lowest BCUT2D eigenvalue weighted by Gasteiger charge is -2.43. The van der Waals surface area contributed by atoms with Gasteiger partial charge in [0.2, 0.25) is 0 Å². The molecule has 5 rings (SSSR count). The minimum Gasteiger partial charge on any atom is -0.496 e. The van der Waals surface area contributed by atoms with Crippen LogP contribution < -0.4 is 20.1 Å². The lowest BCUT2D eigenvalue weighted by atomic mass is 9.68. The summed E-state index contributed by atoms with van der Waals surface area (Å²) in [6.07, 6.45) is 0.745. The number of methoxy groups -OCH3 is 1. The SMILES string of the molecule is COc1ccc([C@@H]2C(C#N)=C(N)N(c3ccc([N+](=O)[O-])cc3)C3=C2C(=O)CC(C)(C)C3)cc1COc1ccc([N+](=O)[O-])cc1. The van der Waals surface area contributed by atoms with Crippen molar-refractivity contribution in [3.05, 3.63) is 121 Å². The van der Waals surface area contributed by atoms with E-state index in [1.165, 1.54) is 43.5 Å². The van der Waals surface area contributed by atoms with Gasteiger partial charge in [0, 0.05) is 53.2 Å². The van der Waals surface area contributed by atoms with Crippen molar-refractivity contribution in [3.8, 4) is 17.6 Å². The van der Waals surface area contributed by atoms with Gasteiger partial charge < -0.3 is 15.2 Å². The Balaban J connectivity index is 1.59. The normalized spacial score (nSPS) is 17.5. The van der Waals surface area contributed by atoms with Gasteiger partial charge in [-0.2, -0.15) is 5.26 Å². The molecular weight excluding hydrogens is 566 g/mol. The second kappa shape index (κ2) is 11.5. The van der Waals surface area contributed by atoms with Gasteiger partial charge >= 0.3 is 0 Å². The largest absolute Gasteiger partial charge is 0.496 e. The number of nitrogens with zero attached hydrogens (tertiary/aromatic N) is 4. The summed E-state index contributed by atoms with van der Waals surface area (Å²) in [5.74, 6) is 0.177. The molecule has 12 heteroatoms. The number of anilines is 1. The predicted octanol–water partition coefficient (Wildman–Crippen LogP) is 6.03. The van der Waals surface area contributed by atoms with Crippen molar-refractivity contribution in [1.29, 1.82) is 5.26 Å². The van der Waals surface area contributed by atoms with E-state index in [4.69, 9.17) is 15.2 Å². The number of allylic oxidation sites excluding steroid dienone is 3. The van der Waals surface area contributed by atoms with Crippen LogP contribution in [0.1, 0.15) is 43.7 Å². The first kappa shape index (κ1) is 29.8. The Kier molecular flexibility index (Phi) is 7.80. The summed E-state index contributed by atoms with van der Waals surface area (Å²) in [7, 11) is 1.51. The molecule has 0 spiro atoms. The number of Topliss-reactive ketones (excluding diaryl/α,β-unsaturated/α-hetero) is 1. The molecule has 0 saturated carbocycles. The predicted molar refractivity (Wildman–Crippen MR) is 161 cm³/mol. The maximum Gasteiger partial charge on any atom is 0.269 e. The maximum absolute atomic E-state index is 13.9. The number of rotatable bonds is 8. The summed E-state index contributed by atoms with van der Waals surface area (Å²) in [4.78, 5) is 36.8. The highest BCUT2D eigenvalue weighted by molar-refractivity contribution is 6.01. The van der Waals surface area contributed by atoms with E-state index in [9.17, 15) is 30.3 Å². The Morgan fingerprint density at radius 2 is 1.61 bits per heavy atom. The zero-order valence-electron chi connectivity index (χ0n) is 24.3. The van der Waals surface area contributed by atoms with E-state index in [1.807, 2.05) is 13.8 Å². The standard InChI is InChI=1S/C32H29N5O7/c1-32(2)15-26-30(27(38)16-32)29(25(17-33)31(34)35(26)21-5-7-22(8-6-21)36(39)40)19-4-13-28(43-3)20(14-19)18-44-24-11-9-23(10-12-24)37(41)42/h4-14,29H,15-16,18,34H2,1-3H3/t29-/m1/s1. The molecular formula is C32H29N5O7. The Morgan fingerprint density at radius 1 is 1.00 bits per heavy atom. The molecule has 0 unspecified atom stereocenters. The van der Waals surface area contributed by atoms with Crippen LogP contribution in [0.5, 0.6) is 11.5 Å². The lowest BCUT2D eigenvalue weighted by Crippen LogP contribution is -2.42. The molecule has 1 atom stereocenters. The summed E-state index contributed by atoms with van der Waals surface area (Å²) in [5.41, 5.74) is 9.17. The summed E-state index contributed by atoms with van der Waals surface area (Å²) in [6, 6.07) is 19.1. The van der Waals surface area contributed by atoms with Crippen LogP contribution in [0, 0.1) is 37.0 Å². The van der Waals surface area contributed by atoms with E-state index in [-0.39, 0.29) is 41.6 Å². The number of nitrogens with two attached hydrogens (primary N) is 1. The molecule has 1 aliphatic heterocycles. The lowest BCUT2D eigenvalue weighted by molar-refractivity contribution is -0.385. The zero-order chi connectivity index (χ0) is 31.8. The average Bonchev–Trinajstić information content (AvgIpc) is 2.99. The molecule has 12 nitrogen and oxygen atoms in total. The van der Waals surface area contributed by atoms with Gasteiger partial charge in [0.1, 0.15) is 23.9 Å². The average molecular weight is 596 g/mol. The molecule has 0 fully saturated rings. The molecule has 0 amide bonds. The molecule has 2 N–H and O–H groups in total. The molecule has 0 aromatic heterocycles. The second-order valence-electron chi connectivity index (χ2n) is 11.4. The molecule has 3 aromatic rings. The monoisotopic (exact) mass is 595 g/mol. The van der Waals surface area contributed by atoms with Crippen LogP contribution in [0.15, 0.2) is 89.4 Å². The van der Waals surface area contributed by atoms with Gasteiger partial charge in [-0.1, -0.05) is 19.9 Å². The Bertz CT molecular complexity index is 1770. The Morgan fingerprint density at radius 3 is 2.18 bits per heavy atom. The van der Waals surface area contributed by atoms with E-state index in [1.54, 1.807) is 35.2 Å². The minimum absolute atomic E-state index is 0.0461. The summed E-state index contributed by atoms with van der Waals surface area (Å²) in [5, 5.41) is 32.7. The van der Waals surface area contributed by atoms with Crippen LogP contribution in [-0.4, -0.2) is 22.7 Å². The molecule has 3 aromatic carbocycles. The minimum atomic E-state index is -0.767. The van der Waals surface area contributed by atoms with Gasteiger partial charge in [-0.15, -0.1) is 0 Å². The number of hydrogen-bond donors (Lipinski definition) is 1. The van der Waals surface area contributed by atoms with E-state index in [0.29, 0.717) is 46.0 Å². The topological polar surface area (TPSA) is 175 Å². The van der Waals surface area contributed by atoms with E-state index in [2.05, 4.69) is 6.07 Å². The highest BCUT2D eigenvalue weighted by atomic mass is 16.6. The van der Waals surface area contributed by atoms with Gasteiger partial charge in [0.05, 0.1) is 34.5 Å². The summed E-state index contributed by atoms with van der Waals surface area (Å²) >= 11 is 0. The molecule has 2 aliphatic rings. The summed E-state index contributed by atoms with van der Waals surface area (Å²) in [6.45, 7) is 4.02. The third-order valence-electron chi connectivity index (χ3n) is 7.78. The second-order valence-corrected chi connectivity index (χ2v) is 11.4. The Labute approximate surface area is 252 Å². The smallest absolute Gasteiger partial charge is 0.269 e. The zero-order valence-corrected chi connectivity index (χ0v) is 24.3.